The number of nitrogens with zero attached hydrogens (tertiary/aromatic N) is 1. The third kappa shape index (κ3) is 4.76. The molecule has 1 aromatic carbocycles. The molecule has 0 bridgehead atoms. The molecule has 0 radical (unpaired) electrons. The molecule has 0 fully saturated rings. The third-order valence-electron chi connectivity index (χ3n) is 3.41. The van der Waals surface area contributed by atoms with Crippen molar-refractivity contribution in [3.63, 3.8) is 0 Å². The second kappa shape index (κ2) is 8.46. The van der Waals surface area contributed by atoms with Crippen molar-refractivity contribution in [1.29, 1.82) is 0 Å². The average Bonchev–Trinajstić information content (AvgIpc) is 2.46. The number of aryl methyl sites for hydroxylation is 1. The molecule has 0 heterocycles. The lowest BCUT2D eigenvalue weighted by atomic mass is 10.1. The quantitative estimate of drug-likeness (QED) is 0.718. The Morgan fingerprint density at radius 1 is 1.25 bits per heavy atom. The molecule has 0 saturated carbocycles. The Balaban J connectivity index is 2.61. The predicted molar refractivity (Wildman–Crippen MR) is 86.0 cm³/mol. The van der Waals surface area contributed by atoms with Crippen LogP contribution in [0.1, 0.15) is 39.2 Å². The summed E-state index contributed by atoms with van der Waals surface area (Å²) in [5.74, 6) is 0.109. The van der Waals surface area contributed by atoms with Crippen molar-refractivity contribution < 1.29 is 4.79 Å². The van der Waals surface area contributed by atoms with Gasteiger partial charge in [-0.25, -0.2) is 0 Å². The average molecular weight is 277 g/mol. The fourth-order valence-electron chi connectivity index (χ4n) is 2.22. The molecule has 0 aliphatic rings. The number of nitrogen functional groups attached to an aromatic ring is 1. The van der Waals surface area contributed by atoms with E-state index in [1.165, 1.54) is 0 Å². The maximum Gasteiger partial charge on any atom is 0.220 e. The van der Waals surface area contributed by atoms with E-state index in [4.69, 9.17) is 5.73 Å². The summed E-state index contributed by atoms with van der Waals surface area (Å²) in [4.78, 5) is 13.8. The van der Waals surface area contributed by atoms with Gasteiger partial charge in [-0.3, -0.25) is 4.79 Å². The lowest BCUT2D eigenvalue weighted by Gasteiger charge is -2.23. The number of anilines is 2. The Kier molecular flexibility index (Phi) is 6.91. The van der Waals surface area contributed by atoms with Gasteiger partial charge in [-0.15, -0.1) is 0 Å². The van der Waals surface area contributed by atoms with Crippen LogP contribution in [0.2, 0.25) is 0 Å². The smallest absolute Gasteiger partial charge is 0.220 e. The highest BCUT2D eigenvalue weighted by Gasteiger charge is 2.08. The van der Waals surface area contributed by atoms with E-state index in [1.54, 1.807) is 0 Å². The maximum absolute atomic E-state index is 11.6. The van der Waals surface area contributed by atoms with Gasteiger partial charge in [0.25, 0.3) is 0 Å². The van der Waals surface area contributed by atoms with Gasteiger partial charge in [-0.2, -0.15) is 0 Å². The van der Waals surface area contributed by atoms with Gasteiger partial charge < -0.3 is 16.0 Å². The van der Waals surface area contributed by atoms with Crippen molar-refractivity contribution in [2.45, 2.75) is 40.0 Å². The van der Waals surface area contributed by atoms with Crippen LogP contribution in [0.25, 0.3) is 0 Å². The molecule has 1 rings (SSSR count). The first-order valence-electron chi connectivity index (χ1n) is 7.52. The molecule has 0 unspecified atom stereocenters. The van der Waals surface area contributed by atoms with Crippen LogP contribution >= 0.6 is 0 Å². The van der Waals surface area contributed by atoms with Gasteiger partial charge >= 0.3 is 0 Å². The number of hydrogen-bond donors (Lipinski definition) is 2. The molecule has 0 aliphatic heterocycles. The molecule has 1 amide bonds. The number of benzene rings is 1. The number of hydrogen-bond acceptors (Lipinski definition) is 3. The van der Waals surface area contributed by atoms with Crippen LogP contribution in [0, 0.1) is 0 Å². The molecule has 0 aliphatic carbocycles. The first-order chi connectivity index (χ1) is 9.62. The molecule has 4 heteroatoms. The first-order valence-corrected chi connectivity index (χ1v) is 7.52. The zero-order valence-electron chi connectivity index (χ0n) is 12.9. The highest BCUT2D eigenvalue weighted by atomic mass is 16.1. The summed E-state index contributed by atoms with van der Waals surface area (Å²) in [5.41, 5.74) is 9.10. The van der Waals surface area contributed by atoms with Crippen molar-refractivity contribution in [1.82, 2.24) is 5.32 Å². The molecule has 1 aromatic rings. The summed E-state index contributed by atoms with van der Waals surface area (Å²) in [6.07, 6.45) is 2.22. The Morgan fingerprint density at radius 2 is 1.95 bits per heavy atom. The SMILES string of the molecule is CCCNC(=O)CCc1ccc(N(CC)CC)c(N)c1. The van der Waals surface area contributed by atoms with E-state index in [1.807, 2.05) is 13.0 Å². The van der Waals surface area contributed by atoms with Gasteiger partial charge in [0.05, 0.1) is 11.4 Å². The summed E-state index contributed by atoms with van der Waals surface area (Å²) in [6, 6.07) is 6.11. The van der Waals surface area contributed by atoms with Gasteiger partial charge in [-0.05, 0) is 44.4 Å². The number of nitrogens with two attached hydrogens (primary N) is 1. The standard InChI is InChI=1S/C16H27N3O/c1-4-11-18-16(20)10-8-13-7-9-15(14(17)12-13)19(5-2)6-3/h7,9,12H,4-6,8,10-11,17H2,1-3H3,(H,18,20). The van der Waals surface area contributed by atoms with Crippen molar-refractivity contribution in [3.05, 3.63) is 23.8 Å². The highest BCUT2D eigenvalue weighted by molar-refractivity contribution is 5.76. The summed E-state index contributed by atoms with van der Waals surface area (Å²) >= 11 is 0. The Labute approximate surface area is 122 Å². The van der Waals surface area contributed by atoms with Gasteiger partial charge in [0, 0.05) is 26.1 Å². The molecule has 4 nitrogen and oxygen atoms in total. The molecule has 0 spiro atoms. The minimum Gasteiger partial charge on any atom is -0.397 e. The lowest BCUT2D eigenvalue weighted by molar-refractivity contribution is -0.121. The van der Waals surface area contributed by atoms with Crippen molar-refractivity contribution in [2.24, 2.45) is 0 Å². The molecule has 20 heavy (non-hydrogen) atoms. The molecule has 0 aromatic heterocycles. The fraction of sp³-hybridized carbons (Fsp3) is 0.562. The van der Waals surface area contributed by atoms with E-state index in [2.05, 4.69) is 36.2 Å². The number of carbonyl (C=O) groups excluding carboxylic acids is 1. The van der Waals surface area contributed by atoms with E-state index in [0.717, 1.165) is 49.4 Å². The number of amides is 1. The topological polar surface area (TPSA) is 58.4 Å². The third-order valence-corrected chi connectivity index (χ3v) is 3.41. The monoisotopic (exact) mass is 277 g/mol. The largest absolute Gasteiger partial charge is 0.397 e. The van der Waals surface area contributed by atoms with Crippen LogP contribution in [-0.4, -0.2) is 25.5 Å². The van der Waals surface area contributed by atoms with Crippen LogP contribution in [0.3, 0.4) is 0 Å². The van der Waals surface area contributed by atoms with Gasteiger partial charge in [0.2, 0.25) is 5.91 Å². The van der Waals surface area contributed by atoms with E-state index in [9.17, 15) is 4.79 Å². The van der Waals surface area contributed by atoms with Crippen LogP contribution in [0.15, 0.2) is 18.2 Å². The summed E-state index contributed by atoms with van der Waals surface area (Å²) in [6.45, 7) is 8.93. The van der Waals surface area contributed by atoms with Gasteiger partial charge in [-0.1, -0.05) is 13.0 Å². The van der Waals surface area contributed by atoms with Gasteiger partial charge in [0.1, 0.15) is 0 Å². The molecular formula is C16H27N3O. The zero-order valence-corrected chi connectivity index (χ0v) is 12.9. The van der Waals surface area contributed by atoms with Crippen LogP contribution in [0.4, 0.5) is 11.4 Å². The van der Waals surface area contributed by atoms with E-state index in [-0.39, 0.29) is 5.91 Å². The molecule has 3 N–H and O–H groups in total. The Bertz CT molecular complexity index is 428. The Hall–Kier alpha value is -1.71. The predicted octanol–water partition coefficient (Wildman–Crippen LogP) is 2.57. The normalized spacial score (nSPS) is 10.3. The lowest BCUT2D eigenvalue weighted by Crippen LogP contribution is -2.24. The van der Waals surface area contributed by atoms with Crippen LogP contribution in [-0.2, 0) is 11.2 Å². The molecular weight excluding hydrogens is 250 g/mol. The number of nitrogens with one attached hydrogen (secondary N) is 1. The molecule has 0 saturated heterocycles. The minimum absolute atomic E-state index is 0.109. The highest BCUT2D eigenvalue weighted by Crippen LogP contribution is 2.24. The first kappa shape index (κ1) is 16.3. The van der Waals surface area contributed by atoms with E-state index in [0.29, 0.717) is 6.42 Å². The van der Waals surface area contributed by atoms with Crippen molar-refractivity contribution in [2.75, 3.05) is 30.3 Å². The fourth-order valence-corrected chi connectivity index (χ4v) is 2.22. The second-order valence-corrected chi connectivity index (χ2v) is 4.92. The van der Waals surface area contributed by atoms with Crippen LogP contribution in [0.5, 0.6) is 0 Å². The molecule has 112 valence electrons. The van der Waals surface area contributed by atoms with Crippen LogP contribution < -0.4 is 16.0 Å². The summed E-state index contributed by atoms with van der Waals surface area (Å²) in [5, 5.41) is 2.89. The van der Waals surface area contributed by atoms with E-state index >= 15 is 0 Å². The maximum atomic E-state index is 11.6. The Morgan fingerprint density at radius 3 is 2.50 bits per heavy atom. The number of rotatable bonds is 8. The van der Waals surface area contributed by atoms with E-state index < -0.39 is 0 Å². The minimum atomic E-state index is 0.109. The van der Waals surface area contributed by atoms with Crippen molar-refractivity contribution >= 4 is 17.3 Å². The van der Waals surface area contributed by atoms with Gasteiger partial charge in [0.15, 0.2) is 0 Å². The zero-order chi connectivity index (χ0) is 15.0. The summed E-state index contributed by atoms with van der Waals surface area (Å²) in [7, 11) is 0. The summed E-state index contributed by atoms with van der Waals surface area (Å²) < 4.78 is 0. The number of carbonyl (C=O) groups is 1. The van der Waals surface area contributed by atoms with Crippen molar-refractivity contribution in [3.8, 4) is 0 Å². The second-order valence-electron chi connectivity index (χ2n) is 4.92. The molecule has 0 atom stereocenters.